The van der Waals surface area contributed by atoms with Gasteiger partial charge in [-0.3, -0.25) is 10.1 Å². The highest BCUT2D eigenvalue weighted by Gasteiger charge is 2.20. The zero-order chi connectivity index (χ0) is 18.2. The molecule has 1 atom stereocenters. The zero-order valence-corrected chi connectivity index (χ0v) is 15.0. The molecule has 0 fully saturated rings. The second-order valence-electron chi connectivity index (χ2n) is 5.35. The quantitative estimate of drug-likeness (QED) is 0.585. The lowest BCUT2D eigenvalue weighted by Gasteiger charge is -2.12. The van der Waals surface area contributed by atoms with Crippen LogP contribution in [0.4, 0.5) is 4.79 Å². The van der Waals surface area contributed by atoms with Crippen LogP contribution in [0, 0.1) is 6.92 Å². The smallest absolute Gasteiger partial charge is 0.321 e. The minimum Gasteiger partial charge on any atom is -0.334 e. The van der Waals surface area contributed by atoms with Crippen molar-refractivity contribution in [2.45, 2.75) is 37.3 Å². The Kier molecular flexibility index (Phi) is 6.76. The number of amides is 3. The lowest BCUT2D eigenvalue weighted by atomic mass is 10.2. The topological polar surface area (TPSA) is 88.9 Å². The van der Waals surface area contributed by atoms with Gasteiger partial charge < -0.3 is 9.88 Å². The van der Waals surface area contributed by atoms with E-state index in [1.165, 1.54) is 11.8 Å². The van der Waals surface area contributed by atoms with Crippen LogP contribution in [0.5, 0.6) is 0 Å². The summed E-state index contributed by atoms with van der Waals surface area (Å²) in [5.74, 6) is 0.358. The van der Waals surface area contributed by atoms with Crippen molar-refractivity contribution in [3.8, 4) is 0 Å². The summed E-state index contributed by atoms with van der Waals surface area (Å²) in [7, 11) is 0. The number of benzene rings is 1. The maximum absolute atomic E-state index is 12.2. The molecule has 2 rings (SSSR count). The number of thioether (sulfide) groups is 1. The lowest BCUT2D eigenvalue weighted by molar-refractivity contribution is -0.119. The maximum atomic E-state index is 12.2. The molecule has 0 radical (unpaired) electrons. The van der Waals surface area contributed by atoms with Crippen LogP contribution in [0.25, 0.3) is 0 Å². The Morgan fingerprint density at radius 1 is 1.32 bits per heavy atom. The maximum Gasteiger partial charge on any atom is 0.321 e. The Hall–Kier alpha value is -2.61. The second-order valence-corrected chi connectivity index (χ2v) is 6.65. The first-order chi connectivity index (χ1) is 12.0. The molecule has 0 aliphatic heterocycles. The van der Waals surface area contributed by atoms with Crippen molar-refractivity contribution in [1.82, 2.24) is 25.4 Å². The molecular weight excluding hydrogens is 338 g/mol. The number of urea groups is 1. The number of imide groups is 1. The number of hydrogen-bond acceptors (Lipinski definition) is 5. The van der Waals surface area contributed by atoms with Crippen LogP contribution in [0.3, 0.4) is 0 Å². The van der Waals surface area contributed by atoms with Gasteiger partial charge >= 0.3 is 6.03 Å². The first-order valence-corrected chi connectivity index (χ1v) is 8.69. The van der Waals surface area contributed by atoms with Crippen LogP contribution >= 0.6 is 11.8 Å². The number of hydrogen-bond donors (Lipinski definition) is 2. The largest absolute Gasteiger partial charge is 0.334 e. The van der Waals surface area contributed by atoms with E-state index in [-0.39, 0.29) is 5.91 Å². The summed E-state index contributed by atoms with van der Waals surface area (Å²) < 4.78 is 1.86. The van der Waals surface area contributed by atoms with E-state index in [1.54, 1.807) is 13.0 Å². The van der Waals surface area contributed by atoms with E-state index >= 15 is 0 Å². The molecule has 0 saturated heterocycles. The van der Waals surface area contributed by atoms with Crippen molar-refractivity contribution >= 4 is 23.7 Å². The average molecular weight is 359 g/mol. The molecule has 0 aliphatic rings. The van der Waals surface area contributed by atoms with Gasteiger partial charge in [0, 0.05) is 13.1 Å². The highest BCUT2D eigenvalue weighted by molar-refractivity contribution is 8.00. The number of carbonyl (C=O) groups excluding carboxylic acids is 2. The fourth-order valence-corrected chi connectivity index (χ4v) is 2.94. The van der Waals surface area contributed by atoms with Crippen molar-refractivity contribution < 1.29 is 9.59 Å². The van der Waals surface area contributed by atoms with Crippen LogP contribution in [0.15, 0.2) is 48.1 Å². The van der Waals surface area contributed by atoms with Gasteiger partial charge in [0.25, 0.3) is 0 Å². The minimum atomic E-state index is -0.523. The predicted octanol–water partition coefficient (Wildman–Crippen LogP) is 2.28. The molecule has 3 amide bonds. The molecule has 2 N–H and O–H groups in total. The summed E-state index contributed by atoms with van der Waals surface area (Å²) in [4.78, 5) is 24.0. The van der Waals surface area contributed by atoms with Gasteiger partial charge in [0.15, 0.2) is 5.16 Å². The lowest BCUT2D eigenvalue weighted by Crippen LogP contribution is -2.42. The summed E-state index contributed by atoms with van der Waals surface area (Å²) in [5, 5.41) is 13.2. The number of rotatable bonds is 7. The van der Waals surface area contributed by atoms with Crippen molar-refractivity contribution in [1.29, 1.82) is 0 Å². The fraction of sp³-hybridized carbons (Fsp3) is 0.294. The highest BCUT2D eigenvalue weighted by atomic mass is 32.2. The summed E-state index contributed by atoms with van der Waals surface area (Å²) in [5.41, 5.74) is 0.959. The third kappa shape index (κ3) is 5.46. The van der Waals surface area contributed by atoms with Gasteiger partial charge in [-0.2, -0.15) is 0 Å². The van der Waals surface area contributed by atoms with Crippen LogP contribution < -0.4 is 10.6 Å². The Balaban J connectivity index is 1.85. The van der Waals surface area contributed by atoms with E-state index in [0.29, 0.717) is 18.2 Å². The van der Waals surface area contributed by atoms with Crippen LogP contribution in [0.1, 0.15) is 18.3 Å². The zero-order valence-electron chi connectivity index (χ0n) is 14.2. The van der Waals surface area contributed by atoms with Crippen molar-refractivity contribution in [2.24, 2.45) is 0 Å². The van der Waals surface area contributed by atoms with Gasteiger partial charge in [-0.25, -0.2) is 4.79 Å². The summed E-state index contributed by atoms with van der Waals surface area (Å²) >= 11 is 1.25. The van der Waals surface area contributed by atoms with Gasteiger partial charge in [0.2, 0.25) is 5.91 Å². The fourth-order valence-electron chi connectivity index (χ4n) is 2.04. The monoisotopic (exact) mass is 359 g/mol. The third-order valence-corrected chi connectivity index (χ3v) is 4.48. The van der Waals surface area contributed by atoms with Gasteiger partial charge in [-0.05, 0) is 19.4 Å². The SMILES string of the molecule is C=CCn1c(C)nnc1S[C@H](C)C(=O)NC(=O)NCc1ccccc1. The molecule has 0 bridgehead atoms. The molecule has 1 aromatic heterocycles. The summed E-state index contributed by atoms with van der Waals surface area (Å²) in [6.45, 7) is 8.17. The molecule has 25 heavy (non-hydrogen) atoms. The van der Waals surface area contributed by atoms with E-state index in [9.17, 15) is 9.59 Å². The highest BCUT2D eigenvalue weighted by Crippen LogP contribution is 2.22. The van der Waals surface area contributed by atoms with Crippen molar-refractivity contribution in [2.75, 3.05) is 0 Å². The molecular formula is C17H21N5O2S. The Bertz CT molecular complexity index is 745. The number of nitrogens with one attached hydrogen (secondary N) is 2. The van der Waals surface area contributed by atoms with E-state index < -0.39 is 11.3 Å². The number of aromatic nitrogens is 3. The van der Waals surface area contributed by atoms with E-state index in [1.807, 2.05) is 41.8 Å². The van der Waals surface area contributed by atoms with E-state index in [0.717, 1.165) is 11.4 Å². The third-order valence-electron chi connectivity index (χ3n) is 3.40. The normalized spacial score (nSPS) is 11.6. The van der Waals surface area contributed by atoms with Crippen LogP contribution in [-0.4, -0.2) is 32.0 Å². The molecule has 7 nitrogen and oxygen atoms in total. The molecule has 0 spiro atoms. The molecule has 0 unspecified atom stereocenters. The number of allylic oxidation sites excluding steroid dienone is 1. The Labute approximate surface area is 150 Å². The van der Waals surface area contributed by atoms with E-state index in [4.69, 9.17) is 0 Å². The average Bonchev–Trinajstić information content (AvgIpc) is 2.94. The number of carbonyl (C=O) groups is 2. The Morgan fingerprint density at radius 2 is 2.04 bits per heavy atom. The molecule has 0 aliphatic carbocycles. The van der Waals surface area contributed by atoms with Crippen molar-refractivity contribution in [3.05, 3.63) is 54.4 Å². The number of aryl methyl sites for hydroxylation is 1. The summed E-state index contributed by atoms with van der Waals surface area (Å²) in [6.07, 6.45) is 1.74. The Morgan fingerprint density at radius 3 is 2.72 bits per heavy atom. The van der Waals surface area contributed by atoms with E-state index in [2.05, 4.69) is 27.4 Å². The molecule has 1 aromatic carbocycles. The minimum absolute atomic E-state index is 0.355. The summed E-state index contributed by atoms with van der Waals surface area (Å²) in [6, 6.07) is 8.95. The molecule has 8 heteroatoms. The van der Waals surface area contributed by atoms with Crippen LogP contribution in [-0.2, 0) is 17.9 Å². The first-order valence-electron chi connectivity index (χ1n) is 7.81. The molecule has 1 heterocycles. The predicted molar refractivity (Wildman–Crippen MR) is 97.1 cm³/mol. The first kappa shape index (κ1) is 18.7. The standard InChI is InChI=1S/C17H21N5O2S/c1-4-10-22-13(3)20-21-17(22)25-12(2)15(23)19-16(24)18-11-14-8-6-5-7-9-14/h4-9,12H,1,10-11H2,2-3H3,(H2,18,19,23,24)/t12-/m1/s1. The van der Waals surface area contributed by atoms with Gasteiger partial charge in [0.1, 0.15) is 5.82 Å². The molecule has 132 valence electrons. The van der Waals surface area contributed by atoms with Crippen LogP contribution in [0.2, 0.25) is 0 Å². The molecule has 0 saturated carbocycles. The van der Waals surface area contributed by atoms with Gasteiger partial charge in [-0.1, -0.05) is 48.2 Å². The number of nitrogens with zero attached hydrogens (tertiary/aromatic N) is 3. The van der Waals surface area contributed by atoms with Gasteiger partial charge in [-0.15, -0.1) is 16.8 Å². The van der Waals surface area contributed by atoms with Gasteiger partial charge in [0.05, 0.1) is 5.25 Å². The molecule has 2 aromatic rings. The second kappa shape index (κ2) is 9.03. The van der Waals surface area contributed by atoms with Crippen molar-refractivity contribution in [3.63, 3.8) is 0 Å².